The fourth-order valence-corrected chi connectivity index (χ4v) is 6.35. The molecule has 0 radical (unpaired) electrons. The molecule has 8 nitrogen and oxygen atoms in total. The molecule has 1 aromatic carbocycles. The Morgan fingerprint density at radius 3 is 2.57 bits per heavy atom. The van der Waals surface area contributed by atoms with Crippen LogP contribution in [0.25, 0.3) is 0 Å². The number of nitrogens with one attached hydrogen (secondary N) is 1. The fourth-order valence-electron chi connectivity index (χ4n) is 6.35. The second-order valence-electron chi connectivity index (χ2n) is 11.4. The highest BCUT2D eigenvalue weighted by atomic mass is 19.1. The van der Waals surface area contributed by atoms with Crippen LogP contribution in [0, 0.1) is 12.8 Å². The molecule has 2 saturated heterocycles. The molecule has 1 saturated carbocycles. The Kier molecular flexibility index (Phi) is 6.21. The topological polar surface area (TPSA) is 90.7 Å². The zero-order chi connectivity index (χ0) is 25.7. The zero-order valence-electron chi connectivity index (χ0n) is 21.5. The maximum absolute atomic E-state index is 14.5. The third-order valence-electron chi connectivity index (χ3n) is 8.92. The van der Waals surface area contributed by atoms with Crippen molar-refractivity contribution in [2.24, 2.45) is 5.92 Å². The highest BCUT2D eigenvalue weighted by molar-refractivity contribution is 5.95. The number of aliphatic hydroxyl groups excluding tert-OH is 1. The van der Waals surface area contributed by atoms with Gasteiger partial charge in [-0.25, -0.2) is 4.39 Å². The summed E-state index contributed by atoms with van der Waals surface area (Å²) in [7, 11) is 0. The van der Waals surface area contributed by atoms with Crippen molar-refractivity contribution in [3.8, 4) is 0 Å². The number of aryl methyl sites for hydroxylation is 1. The molecule has 9 heteroatoms. The Bertz CT molecular complexity index is 1200. The minimum atomic E-state index is -1.60. The van der Waals surface area contributed by atoms with E-state index < -0.39 is 12.3 Å². The van der Waals surface area contributed by atoms with E-state index >= 15 is 0 Å². The maximum atomic E-state index is 14.5. The van der Waals surface area contributed by atoms with E-state index in [1.807, 2.05) is 17.0 Å². The largest absolute Gasteiger partial charge is 0.393 e. The van der Waals surface area contributed by atoms with Crippen LogP contribution < -0.4 is 5.32 Å². The lowest BCUT2D eigenvalue weighted by Gasteiger charge is -2.35. The number of rotatable bonds is 6. The van der Waals surface area contributed by atoms with Gasteiger partial charge in [-0.3, -0.25) is 14.3 Å². The van der Waals surface area contributed by atoms with Crippen LogP contribution in [0.3, 0.4) is 0 Å². The lowest BCUT2D eigenvalue weighted by atomic mass is 9.94. The molecule has 2 aliphatic carbocycles. The maximum Gasteiger partial charge on any atom is 0.274 e. The van der Waals surface area contributed by atoms with E-state index in [1.54, 1.807) is 9.58 Å². The third-order valence-corrected chi connectivity index (χ3v) is 8.92. The number of aromatic nitrogens is 2. The molecule has 3 fully saturated rings. The second-order valence-corrected chi connectivity index (χ2v) is 11.4. The summed E-state index contributed by atoms with van der Waals surface area (Å²) in [5.74, 6) is 0.794. The predicted molar refractivity (Wildman–Crippen MR) is 137 cm³/mol. The van der Waals surface area contributed by atoms with Crippen molar-refractivity contribution in [3.05, 3.63) is 46.8 Å². The molecular formula is C28H36FN5O3. The van der Waals surface area contributed by atoms with Crippen LogP contribution in [0.15, 0.2) is 24.3 Å². The van der Waals surface area contributed by atoms with Crippen molar-refractivity contribution in [1.29, 1.82) is 0 Å². The van der Waals surface area contributed by atoms with E-state index in [0.717, 1.165) is 42.6 Å². The molecule has 0 bridgehead atoms. The highest BCUT2D eigenvalue weighted by Crippen LogP contribution is 2.57. The molecule has 4 aliphatic rings. The summed E-state index contributed by atoms with van der Waals surface area (Å²) in [6, 6.07) is 8.61. The number of likely N-dealkylation sites (tertiary alicyclic amines) is 2. The molecule has 198 valence electrons. The quantitative estimate of drug-likeness (QED) is 0.625. The summed E-state index contributed by atoms with van der Waals surface area (Å²) >= 11 is 0. The van der Waals surface area contributed by atoms with Gasteiger partial charge in [0.1, 0.15) is 12.2 Å². The Hall–Kier alpha value is -2.94. The van der Waals surface area contributed by atoms with Crippen LogP contribution in [0.4, 0.5) is 10.1 Å². The van der Waals surface area contributed by atoms with Gasteiger partial charge in [0.15, 0.2) is 5.69 Å². The van der Waals surface area contributed by atoms with Gasteiger partial charge in [0, 0.05) is 62.0 Å². The Morgan fingerprint density at radius 2 is 1.86 bits per heavy atom. The molecule has 6 rings (SSSR count). The van der Waals surface area contributed by atoms with Crippen molar-refractivity contribution < 1.29 is 19.1 Å². The van der Waals surface area contributed by atoms with Crippen molar-refractivity contribution in [1.82, 2.24) is 19.6 Å². The zero-order valence-corrected chi connectivity index (χ0v) is 21.5. The van der Waals surface area contributed by atoms with Crippen LogP contribution >= 0.6 is 0 Å². The monoisotopic (exact) mass is 509 g/mol. The lowest BCUT2D eigenvalue weighted by molar-refractivity contribution is -0.133. The number of para-hydroxylation sites is 1. The summed E-state index contributed by atoms with van der Waals surface area (Å²) in [5.41, 5.74) is 3.26. The standard InChI is InChI=1S/C28H36FN5O3/c1-18-4-2-3-5-22(18)30-20-6-10-32(11-7-20)24(36)16-34-23-15-19-14-21(19)25(23)26(31-34)27(37)33-12-8-28(29,17-35)9-13-33/h2-5,19-21,30,35H,6-17H2,1H3/t19-,21-/m1/s1. The molecular weight excluding hydrogens is 473 g/mol. The van der Waals surface area contributed by atoms with Gasteiger partial charge < -0.3 is 20.2 Å². The number of alkyl halides is 1. The van der Waals surface area contributed by atoms with Gasteiger partial charge in [0.05, 0.1) is 6.61 Å². The molecule has 37 heavy (non-hydrogen) atoms. The van der Waals surface area contributed by atoms with Crippen LogP contribution in [0.5, 0.6) is 0 Å². The normalized spacial score (nSPS) is 24.5. The first-order valence-corrected chi connectivity index (χ1v) is 13.6. The minimum absolute atomic E-state index is 0.0438. The Labute approximate surface area is 216 Å². The van der Waals surface area contributed by atoms with Gasteiger partial charge in [-0.2, -0.15) is 5.10 Å². The summed E-state index contributed by atoms with van der Waals surface area (Å²) in [6.07, 6.45) is 4.00. The number of piperidine rings is 2. The summed E-state index contributed by atoms with van der Waals surface area (Å²) < 4.78 is 16.2. The molecule has 1 aromatic heterocycles. The van der Waals surface area contributed by atoms with Crippen LogP contribution in [0.1, 0.15) is 65.3 Å². The van der Waals surface area contributed by atoms with Gasteiger partial charge in [0.2, 0.25) is 5.91 Å². The lowest BCUT2D eigenvalue weighted by Crippen LogP contribution is -2.46. The van der Waals surface area contributed by atoms with Crippen molar-refractivity contribution in [2.75, 3.05) is 38.1 Å². The van der Waals surface area contributed by atoms with E-state index in [2.05, 4.69) is 29.5 Å². The highest BCUT2D eigenvalue weighted by Gasteiger charge is 2.51. The fraction of sp³-hybridized carbons (Fsp3) is 0.607. The van der Waals surface area contributed by atoms with Crippen LogP contribution in [-0.2, 0) is 17.8 Å². The van der Waals surface area contributed by atoms with Gasteiger partial charge in [-0.1, -0.05) is 18.2 Å². The van der Waals surface area contributed by atoms with E-state index in [4.69, 9.17) is 0 Å². The SMILES string of the molecule is Cc1ccccc1NC1CCN(C(=O)Cn2nc(C(=O)N3CCC(F)(CO)CC3)c3c2C[C@H]2C[C@@H]32)CC1. The number of carbonyl (C=O) groups excluding carboxylic acids is 2. The third kappa shape index (κ3) is 4.62. The van der Waals surface area contributed by atoms with Gasteiger partial charge in [-0.15, -0.1) is 0 Å². The first-order chi connectivity index (χ1) is 17.8. The number of hydrogen-bond acceptors (Lipinski definition) is 5. The van der Waals surface area contributed by atoms with Gasteiger partial charge >= 0.3 is 0 Å². The van der Waals surface area contributed by atoms with Crippen LogP contribution in [0.2, 0.25) is 0 Å². The van der Waals surface area contributed by atoms with Crippen molar-refractivity contribution in [3.63, 3.8) is 0 Å². The first kappa shape index (κ1) is 24.4. The van der Waals surface area contributed by atoms with E-state index in [-0.39, 0.29) is 44.3 Å². The molecule has 2 aromatic rings. The minimum Gasteiger partial charge on any atom is -0.393 e. The number of nitrogens with zero attached hydrogens (tertiary/aromatic N) is 4. The molecule has 0 unspecified atom stereocenters. The summed E-state index contributed by atoms with van der Waals surface area (Å²) in [4.78, 5) is 30.2. The molecule has 2 N–H and O–H groups in total. The molecule has 2 amide bonds. The Balaban J connectivity index is 1.10. The molecule has 3 heterocycles. The summed E-state index contributed by atoms with van der Waals surface area (Å²) in [5, 5.41) is 17.6. The number of fused-ring (bicyclic) bond motifs is 3. The average Bonchev–Trinajstić information content (AvgIpc) is 3.44. The average molecular weight is 510 g/mol. The molecule has 2 aliphatic heterocycles. The number of carbonyl (C=O) groups is 2. The smallest absolute Gasteiger partial charge is 0.274 e. The number of halogens is 1. The number of aliphatic hydroxyl groups is 1. The molecule has 0 spiro atoms. The van der Waals surface area contributed by atoms with Crippen molar-refractivity contribution in [2.45, 2.75) is 69.6 Å². The number of anilines is 1. The van der Waals surface area contributed by atoms with Gasteiger partial charge in [-0.05, 0) is 56.1 Å². The van der Waals surface area contributed by atoms with Crippen molar-refractivity contribution >= 4 is 17.5 Å². The molecule has 2 atom stereocenters. The number of benzene rings is 1. The number of amides is 2. The second kappa shape index (κ2) is 9.42. The Morgan fingerprint density at radius 1 is 1.14 bits per heavy atom. The summed E-state index contributed by atoms with van der Waals surface area (Å²) in [6.45, 7) is 3.69. The van der Waals surface area contributed by atoms with E-state index in [0.29, 0.717) is 36.7 Å². The van der Waals surface area contributed by atoms with E-state index in [9.17, 15) is 19.1 Å². The van der Waals surface area contributed by atoms with E-state index in [1.165, 1.54) is 5.56 Å². The predicted octanol–water partition coefficient (Wildman–Crippen LogP) is 2.89. The van der Waals surface area contributed by atoms with Crippen LogP contribution in [-0.4, -0.2) is 81.0 Å². The van der Waals surface area contributed by atoms with Gasteiger partial charge in [0.25, 0.3) is 5.91 Å². The first-order valence-electron chi connectivity index (χ1n) is 13.6. The number of hydrogen-bond donors (Lipinski definition) is 2.